The molecule has 0 bridgehead atoms. The van der Waals surface area contributed by atoms with Gasteiger partial charge in [0.15, 0.2) is 11.9 Å². The lowest BCUT2D eigenvalue weighted by Gasteiger charge is -2.20. The van der Waals surface area contributed by atoms with E-state index >= 15 is 0 Å². The molecule has 0 radical (unpaired) electrons. The van der Waals surface area contributed by atoms with Crippen molar-refractivity contribution in [2.24, 2.45) is 0 Å². The van der Waals surface area contributed by atoms with Crippen molar-refractivity contribution in [3.63, 3.8) is 0 Å². The lowest BCUT2D eigenvalue weighted by molar-refractivity contribution is -0.0171. The second-order valence-electron chi connectivity index (χ2n) is 6.72. The Kier molecular flexibility index (Phi) is 4.93. The van der Waals surface area contributed by atoms with Crippen molar-refractivity contribution < 1.29 is 13.9 Å². The number of halogens is 1. The summed E-state index contributed by atoms with van der Waals surface area (Å²) in [5.41, 5.74) is 2.78. The molecular formula is C21H16FN3O3S2. The predicted octanol–water partition coefficient (Wildman–Crippen LogP) is 4.14. The highest BCUT2D eigenvalue weighted by Crippen LogP contribution is 2.35. The van der Waals surface area contributed by atoms with Gasteiger partial charge in [0.2, 0.25) is 0 Å². The van der Waals surface area contributed by atoms with Gasteiger partial charge in [0.25, 0.3) is 5.56 Å². The van der Waals surface area contributed by atoms with Gasteiger partial charge in [-0.05, 0) is 17.7 Å². The van der Waals surface area contributed by atoms with Gasteiger partial charge in [-0.15, -0.1) is 11.3 Å². The van der Waals surface area contributed by atoms with Gasteiger partial charge in [0.1, 0.15) is 16.4 Å². The molecule has 0 atom stereocenters. The predicted molar refractivity (Wildman–Crippen MR) is 116 cm³/mol. The third-order valence-electron chi connectivity index (χ3n) is 4.80. The Labute approximate surface area is 179 Å². The van der Waals surface area contributed by atoms with Crippen molar-refractivity contribution >= 4 is 33.3 Å². The van der Waals surface area contributed by atoms with E-state index in [1.807, 2.05) is 35.7 Å². The first-order chi connectivity index (χ1) is 14.6. The molecule has 0 saturated heterocycles. The summed E-state index contributed by atoms with van der Waals surface area (Å²) in [6.07, 6.45) is 0. The van der Waals surface area contributed by atoms with Crippen LogP contribution in [0.25, 0.3) is 21.3 Å². The maximum absolute atomic E-state index is 14.0. The number of nitrogens with two attached hydrogens (primary N) is 1. The lowest BCUT2D eigenvalue weighted by atomic mass is 10.1. The van der Waals surface area contributed by atoms with Gasteiger partial charge in [-0.1, -0.05) is 42.1 Å². The van der Waals surface area contributed by atoms with E-state index in [2.05, 4.69) is 4.98 Å². The van der Waals surface area contributed by atoms with Crippen LogP contribution in [-0.2, 0) is 17.1 Å². The number of thioether (sulfide) groups is 1. The molecule has 2 N–H and O–H groups in total. The van der Waals surface area contributed by atoms with Crippen LogP contribution in [0.5, 0.6) is 5.75 Å². The maximum Gasteiger partial charge on any atom is 0.282 e. The molecule has 5 rings (SSSR count). The first kappa shape index (κ1) is 19.1. The van der Waals surface area contributed by atoms with Crippen LogP contribution in [0.4, 0.5) is 4.39 Å². The van der Waals surface area contributed by atoms with Crippen LogP contribution in [0.2, 0.25) is 0 Å². The molecular weight excluding hydrogens is 425 g/mol. The third kappa shape index (κ3) is 3.34. The topological polar surface area (TPSA) is 79.4 Å². The van der Waals surface area contributed by atoms with Gasteiger partial charge in [0, 0.05) is 27.8 Å². The Bertz CT molecular complexity index is 1300. The number of benzene rings is 2. The van der Waals surface area contributed by atoms with Crippen LogP contribution in [0.1, 0.15) is 11.1 Å². The zero-order chi connectivity index (χ0) is 20.7. The number of aromatic nitrogens is 2. The quantitative estimate of drug-likeness (QED) is 0.291. The van der Waals surface area contributed by atoms with Crippen LogP contribution in [-0.4, -0.2) is 16.5 Å². The molecule has 0 spiro atoms. The number of ether oxygens (including phenoxy) is 2. The zero-order valence-electron chi connectivity index (χ0n) is 15.6. The molecule has 4 aromatic rings. The van der Waals surface area contributed by atoms with Crippen molar-refractivity contribution in [2.45, 2.75) is 17.5 Å². The maximum atomic E-state index is 14.0. The van der Waals surface area contributed by atoms with E-state index in [0.717, 1.165) is 15.8 Å². The smallest absolute Gasteiger partial charge is 0.282 e. The summed E-state index contributed by atoms with van der Waals surface area (Å²) < 4.78 is 25.8. The molecule has 3 heterocycles. The van der Waals surface area contributed by atoms with Crippen LogP contribution in [0, 0.1) is 5.82 Å². The molecule has 9 heteroatoms. The second kappa shape index (κ2) is 7.75. The Morgan fingerprint density at radius 2 is 2.10 bits per heavy atom. The molecule has 30 heavy (non-hydrogen) atoms. The minimum atomic E-state index is -0.363. The minimum absolute atomic E-state index is 0.125. The number of nitrogens with zero attached hydrogens (tertiary/aromatic N) is 2. The van der Waals surface area contributed by atoms with E-state index in [-0.39, 0.29) is 18.2 Å². The van der Waals surface area contributed by atoms with E-state index < -0.39 is 0 Å². The van der Waals surface area contributed by atoms with Gasteiger partial charge in [0.05, 0.1) is 12.0 Å². The molecule has 0 saturated carbocycles. The number of hydrogen-bond acceptors (Lipinski definition) is 7. The van der Waals surface area contributed by atoms with Crippen molar-refractivity contribution in [3.8, 4) is 16.9 Å². The Morgan fingerprint density at radius 3 is 2.93 bits per heavy atom. The average Bonchev–Trinajstić information content (AvgIpc) is 3.19. The van der Waals surface area contributed by atoms with Gasteiger partial charge >= 0.3 is 0 Å². The van der Waals surface area contributed by atoms with Gasteiger partial charge < -0.3 is 15.3 Å². The molecule has 0 fully saturated rings. The van der Waals surface area contributed by atoms with E-state index in [9.17, 15) is 9.18 Å². The molecule has 2 aromatic carbocycles. The second-order valence-corrected chi connectivity index (χ2v) is 8.52. The fraction of sp³-hybridized carbons (Fsp3) is 0.143. The first-order valence-corrected chi connectivity index (χ1v) is 11.0. The molecule has 152 valence electrons. The summed E-state index contributed by atoms with van der Waals surface area (Å²) in [4.78, 5) is 18.2. The first-order valence-electron chi connectivity index (χ1n) is 9.11. The molecule has 6 nitrogen and oxygen atoms in total. The Balaban J connectivity index is 1.50. The largest absolute Gasteiger partial charge is 0.467 e. The van der Waals surface area contributed by atoms with Gasteiger partial charge in [-0.25, -0.2) is 14.1 Å². The third-order valence-corrected chi connectivity index (χ3v) is 6.67. The average molecular weight is 442 g/mol. The summed E-state index contributed by atoms with van der Waals surface area (Å²) in [6.45, 7) is 0.424. The molecule has 0 aliphatic carbocycles. The summed E-state index contributed by atoms with van der Waals surface area (Å²) in [6, 6.07) is 12.5. The summed E-state index contributed by atoms with van der Waals surface area (Å²) in [7, 11) is 0. The van der Waals surface area contributed by atoms with Crippen molar-refractivity contribution in [2.75, 3.05) is 12.6 Å². The van der Waals surface area contributed by atoms with Gasteiger partial charge in [-0.3, -0.25) is 4.79 Å². The molecule has 0 amide bonds. The number of hydrogen-bond donors (Lipinski definition) is 1. The highest BCUT2D eigenvalue weighted by Gasteiger charge is 2.20. The van der Waals surface area contributed by atoms with Crippen LogP contribution in [0.15, 0.2) is 57.8 Å². The monoisotopic (exact) mass is 441 g/mol. The van der Waals surface area contributed by atoms with Gasteiger partial charge in [-0.2, -0.15) is 0 Å². The highest BCUT2D eigenvalue weighted by atomic mass is 32.2. The number of fused-ring (bicyclic) bond motifs is 2. The van der Waals surface area contributed by atoms with E-state index in [1.165, 1.54) is 35.2 Å². The normalized spacial score (nSPS) is 13.2. The summed E-state index contributed by atoms with van der Waals surface area (Å²) >= 11 is 2.66. The standard InChI is InChI=1S/C21H16FN3O3S2/c22-15-6-13-8-27-11-28-18(13)14(7-15)9-30-21-24-19-17(20(26)25(21)23)16(10-29-19)12-4-2-1-3-5-12/h1-7,10H,8-9,11,23H2. The minimum Gasteiger partial charge on any atom is -0.467 e. The van der Waals surface area contributed by atoms with Crippen LogP contribution in [0.3, 0.4) is 0 Å². The number of thiophene rings is 1. The van der Waals surface area contributed by atoms with E-state index in [1.54, 1.807) is 0 Å². The van der Waals surface area contributed by atoms with E-state index in [4.69, 9.17) is 15.3 Å². The molecule has 0 unspecified atom stereocenters. The van der Waals surface area contributed by atoms with Crippen molar-refractivity contribution in [1.29, 1.82) is 0 Å². The fourth-order valence-electron chi connectivity index (χ4n) is 3.42. The molecule has 2 aromatic heterocycles. The Morgan fingerprint density at radius 1 is 1.27 bits per heavy atom. The molecule has 1 aliphatic heterocycles. The summed E-state index contributed by atoms with van der Waals surface area (Å²) in [5.74, 6) is 6.69. The van der Waals surface area contributed by atoms with Crippen molar-refractivity contribution in [1.82, 2.24) is 9.66 Å². The van der Waals surface area contributed by atoms with Crippen LogP contribution >= 0.6 is 23.1 Å². The highest BCUT2D eigenvalue weighted by molar-refractivity contribution is 7.98. The zero-order valence-corrected chi connectivity index (χ0v) is 17.3. The number of nitrogen functional groups attached to an aromatic ring is 1. The molecule has 1 aliphatic rings. The SMILES string of the molecule is Nn1c(SCc2cc(F)cc3c2OCOC3)nc2scc(-c3ccccc3)c2c1=O. The fourth-order valence-corrected chi connectivity index (χ4v) is 5.30. The van der Waals surface area contributed by atoms with Crippen molar-refractivity contribution in [3.05, 3.63) is 75.1 Å². The number of rotatable bonds is 4. The Hall–Kier alpha value is -2.88. The van der Waals surface area contributed by atoms with Crippen LogP contribution < -0.4 is 16.1 Å². The summed E-state index contributed by atoms with van der Waals surface area (Å²) in [5, 5.41) is 2.78. The lowest BCUT2D eigenvalue weighted by Crippen LogP contribution is -2.29. The van der Waals surface area contributed by atoms with E-state index in [0.29, 0.717) is 44.6 Å².